The fraction of sp³-hybridized carbons (Fsp3) is 0.750. The van der Waals surface area contributed by atoms with Crippen LogP contribution in [-0.2, 0) is 28.0 Å². The molecule has 3 amide bonds. The Hall–Kier alpha value is -2.42. The first-order valence-corrected chi connectivity index (χ1v) is 12.4. The Morgan fingerprint density at radius 1 is 1.15 bits per heavy atom. The number of hydrogen-bond acceptors (Lipinski definition) is 5. The smallest absolute Gasteiger partial charge is 0.239 e. The van der Waals surface area contributed by atoms with Gasteiger partial charge in [0.15, 0.2) is 0 Å². The van der Waals surface area contributed by atoms with Crippen LogP contribution in [0.25, 0.3) is 0 Å². The summed E-state index contributed by atoms with van der Waals surface area (Å²) in [6.07, 6.45) is 10.2. The highest BCUT2D eigenvalue weighted by Crippen LogP contribution is 2.38. The van der Waals surface area contributed by atoms with E-state index in [4.69, 9.17) is 0 Å². The molecule has 0 saturated carbocycles. The number of rotatable bonds is 2. The molecular formula is C24H38N6O3. The van der Waals surface area contributed by atoms with E-state index in [-0.39, 0.29) is 30.3 Å². The summed E-state index contributed by atoms with van der Waals surface area (Å²) in [6, 6.07) is 0.159. The van der Waals surface area contributed by atoms with E-state index in [1.807, 2.05) is 22.8 Å². The quantitative estimate of drug-likeness (QED) is 0.690. The third-order valence-corrected chi connectivity index (χ3v) is 7.87. The van der Waals surface area contributed by atoms with Crippen molar-refractivity contribution in [2.24, 2.45) is 18.4 Å². The van der Waals surface area contributed by atoms with Gasteiger partial charge in [0.25, 0.3) is 0 Å². The van der Waals surface area contributed by atoms with Crippen LogP contribution >= 0.6 is 0 Å². The van der Waals surface area contributed by atoms with Gasteiger partial charge in [-0.3, -0.25) is 24.0 Å². The maximum absolute atomic E-state index is 13.1. The Morgan fingerprint density at radius 2 is 1.94 bits per heavy atom. The first-order valence-electron chi connectivity index (χ1n) is 12.4. The molecule has 3 saturated heterocycles. The molecule has 0 aromatic carbocycles. The van der Waals surface area contributed by atoms with Gasteiger partial charge < -0.3 is 15.5 Å². The molecule has 0 aliphatic carbocycles. The Morgan fingerprint density at radius 3 is 2.64 bits per heavy atom. The number of likely N-dealkylation sites (tertiary alicyclic amines) is 2. The molecule has 1 aromatic heterocycles. The van der Waals surface area contributed by atoms with E-state index < -0.39 is 5.41 Å². The second-order valence-electron chi connectivity index (χ2n) is 10.2. The third kappa shape index (κ3) is 5.75. The Balaban J connectivity index is 1.39. The van der Waals surface area contributed by atoms with E-state index >= 15 is 0 Å². The molecule has 0 radical (unpaired) electrons. The molecule has 1 aromatic rings. The summed E-state index contributed by atoms with van der Waals surface area (Å²) in [5.74, 6) is 0.349. The van der Waals surface area contributed by atoms with E-state index in [0.717, 1.165) is 51.7 Å². The molecule has 9 nitrogen and oxygen atoms in total. The van der Waals surface area contributed by atoms with Crippen LogP contribution in [0.4, 0.5) is 0 Å². The Labute approximate surface area is 196 Å². The predicted octanol–water partition coefficient (Wildman–Crippen LogP) is 1.05. The van der Waals surface area contributed by atoms with Crippen molar-refractivity contribution in [3.05, 3.63) is 18.0 Å². The van der Waals surface area contributed by atoms with Crippen molar-refractivity contribution >= 4 is 17.7 Å². The van der Waals surface area contributed by atoms with Crippen molar-refractivity contribution < 1.29 is 14.4 Å². The van der Waals surface area contributed by atoms with Gasteiger partial charge in [-0.25, -0.2) is 0 Å². The molecule has 3 fully saturated rings. The first kappa shape index (κ1) is 23.7. The highest BCUT2D eigenvalue weighted by Gasteiger charge is 2.42. The fourth-order valence-corrected chi connectivity index (χ4v) is 5.86. The average molecular weight is 459 g/mol. The van der Waals surface area contributed by atoms with Gasteiger partial charge in [-0.05, 0) is 38.0 Å². The third-order valence-electron chi connectivity index (χ3n) is 7.87. The van der Waals surface area contributed by atoms with Gasteiger partial charge in [0.2, 0.25) is 17.7 Å². The van der Waals surface area contributed by atoms with Gasteiger partial charge in [-0.1, -0.05) is 12.8 Å². The second kappa shape index (κ2) is 10.2. The van der Waals surface area contributed by atoms with E-state index in [1.54, 1.807) is 6.92 Å². The lowest BCUT2D eigenvalue weighted by Crippen LogP contribution is -2.54. The molecule has 4 heterocycles. The molecule has 182 valence electrons. The Kier molecular flexibility index (Phi) is 7.36. The maximum atomic E-state index is 13.1. The van der Waals surface area contributed by atoms with E-state index in [0.29, 0.717) is 31.8 Å². The topological polar surface area (TPSA) is 99.6 Å². The van der Waals surface area contributed by atoms with Crippen molar-refractivity contribution in [1.29, 1.82) is 0 Å². The van der Waals surface area contributed by atoms with Crippen LogP contribution in [0.5, 0.6) is 0 Å². The fourth-order valence-electron chi connectivity index (χ4n) is 5.86. The van der Waals surface area contributed by atoms with E-state index in [1.165, 1.54) is 5.56 Å². The highest BCUT2D eigenvalue weighted by atomic mass is 16.2. The minimum absolute atomic E-state index is 0.0238. The van der Waals surface area contributed by atoms with Crippen LogP contribution in [0.15, 0.2) is 12.4 Å². The molecule has 2 atom stereocenters. The molecule has 0 bridgehead atoms. The lowest BCUT2D eigenvalue weighted by atomic mass is 9.73. The Bertz CT molecular complexity index is 860. The van der Waals surface area contributed by atoms with Gasteiger partial charge >= 0.3 is 0 Å². The zero-order chi connectivity index (χ0) is 23.4. The highest BCUT2D eigenvalue weighted by molar-refractivity contribution is 5.88. The van der Waals surface area contributed by atoms with Crippen molar-refractivity contribution in [2.45, 2.75) is 64.5 Å². The summed E-state index contributed by atoms with van der Waals surface area (Å²) in [5, 5.41) is 10.4. The van der Waals surface area contributed by atoms with Crippen LogP contribution in [-0.4, -0.2) is 76.1 Å². The molecule has 33 heavy (non-hydrogen) atoms. The van der Waals surface area contributed by atoms with Gasteiger partial charge in [0.1, 0.15) is 0 Å². The number of carbonyl (C=O) groups is 3. The molecule has 0 unspecified atom stereocenters. The largest absolute Gasteiger partial charge is 0.351 e. The van der Waals surface area contributed by atoms with Crippen LogP contribution < -0.4 is 10.6 Å². The number of hydrogen-bond donors (Lipinski definition) is 2. The number of aromatic nitrogens is 2. The molecule has 3 aliphatic heterocycles. The number of amides is 3. The summed E-state index contributed by atoms with van der Waals surface area (Å²) in [5.41, 5.74) is 0.749. The number of piperidine rings is 2. The van der Waals surface area contributed by atoms with Gasteiger partial charge in [-0.15, -0.1) is 0 Å². The zero-order valence-electron chi connectivity index (χ0n) is 20.0. The summed E-state index contributed by atoms with van der Waals surface area (Å²) in [4.78, 5) is 41.8. The van der Waals surface area contributed by atoms with Crippen molar-refractivity contribution in [3.8, 4) is 0 Å². The average Bonchev–Trinajstić information content (AvgIpc) is 3.20. The number of nitrogens with one attached hydrogen (secondary N) is 2. The summed E-state index contributed by atoms with van der Waals surface area (Å²) >= 11 is 0. The van der Waals surface area contributed by atoms with Gasteiger partial charge in [0, 0.05) is 64.5 Å². The van der Waals surface area contributed by atoms with Crippen molar-refractivity contribution in [1.82, 2.24) is 30.2 Å². The summed E-state index contributed by atoms with van der Waals surface area (Å²) < 4.78 is 1.84. The molecule has 1 spiro atoms. The van der Waals surface area contributed by atoms with Gasteiger partial charge in [0.05, 0.1) is 18.2 Å². The summed E-state index contributed by atoms with van der Waals surface area (Å²) in [7, 11) is 1.94. The van der Waals surface area contributed by atoms with Crippen LogP contribution in [0.2, 0.25) is 0 Å². The normalized spacial score (nSPS) is 27.2. The molecule has 9 heteroatoms. The van der Waals surface area contributed by atoms with E-state index in [2.05, 4.69) is 26.8 Å². The summed E-state index contributed by atoms with van der Waals surface area (Å²) in [6.45, 7) is 5.63. The maximum Gasteiger partial charge on any atom is 0.239 e. The molecular weight excluding hydrogens is 420 g/mol. The number of carbonyl (C=O) groups excluding carboxylic acids is 3. The lowest BCUT2D eigenvalue weighted by Gasteiger charge is -2.42. The van der Waals surface area contributed by atoms with E-state index in [9.17, 15) is 14.4 Å². The predicted molar refractivity (Wildman–Crippen MR) is 124 cm³/mol. The van der Waals surface area contributed by atoms with Crippen molar-refractivity contribution in [2.75, 3.05) is 32.7 Å². The first-order chi connectivity index (χ1) is 15.8. The molecule has 4 rings (SSSR count). The number of fused-ring (bicyclic) bond motifs is 1. The standard InChI is InChI=1S/C24H38N6O3/c1-18(31)30-11-8-24(9-12-30)7-4-3-5-20-17-29(16-19-13-26-28(2)15-19)10-6-21(20)27-22(32)14-25-23(24)33/h13,15,20-21H,3-12,14,16-17H2,1-2H3,(H,25,33)(H,27,32)/t20-,21-/m0/s1. The number of aryl methyl sites for hydroxylation is 1. The van der Waals surface area contributed by atoms with Gasteiger partial charge in [-0.2, -0.15) is 5.10 Å². The zero-order valence-corrected chi connectivity index (χ0v) is 20.0. The van der Waals surface area contributed by atoms with Crippen LogP contribution in [0, 0.1) is 11.3 Å². The monoisotopic (exact) mass is 458 g/mol. The second-order valence-corrected chi connectivity index (χ2v) is 10.2. The number of nitrogens with zero attached hydrogens (tertiary/aromatic N) is 4. The lowest BCUT2D eigenvalue weighted by molar-refractivity contribution is -0.141. The van der Waals surface area contributed by atoms with Crippen LogP contribution in [0.3, 0.4) is 0 Å². The SMILES string of the molecule is CC(=O)N1CCC2(CCCC[C@H]3CN(Cc4cnn(C)c4)CC[C@@H]3NC(=O)CNC2=O)CC1. The minimum atomic E-state index is -0.469. The molecule has 3 aliphatic rings. The van der Waals surface area contributed by atoms with Crippen molar-refractivity contribution in [3.63, 3.8) is 0 Å². The molecule has 2 N–H and O–H groups in total. The van der Waals surface area contributed by atoms with Crippen LogP contribution in [0.1, 0.15) is 57.4 Å². The minimum Gasteiger partial charge on any atom is -0.351 e.